The van der Waals surface area contributed by atoms with Gasteiger partial charge in [-0.2, -0.15) is 0 Å². The van der Waals surface area contributed by atoms with Crippen LogP contribution >= 0.6 is 0 Å². The van der Waals surface area contributed by atoms with Crippen LogP contribution in [0.15, 0.2) is 0 Å². The van der Waals surface area contributed by atoms with E-state index in [1.54, 1.807) is 0 Å². The average molecular weight is 375 g/mol. The summed E-state index contributed by atoms with van der Waals surface area (Å²) >= 11 is 0. The lowest BCUT2D eigenvalue weighted by Crippen LogP contribution is -2.37. The molecule has 0 radical (unpaired) electrons. The number of imidazole rings is 1. The molecule has 1 saturated carbocycles. The number of nitrogens with one attached hydrogen (secondary N) is 1. The molecule has 1 aliphatic heterocycles. The molecule has 0 atom stereocenters. The van der Waals surface area contributed by atoms with Crippen LogP contribution in [0.1, 0.15) is 98.4 Å². The van der Waals surface area contributed by atoms with E-state index in [0.717, 1.165) is 70.3 Å². The summed E-state index contributed by atoms with van der Waals surface area (Å²) in [7, 11) is 0. The molecule has 0 bridgehead atoms. The molecule has 0 aromatic carbocycles. The second-order valence-corrected chi connectivity index (χ2v) is 7.94. The number of hydrogen-bond acceptors (Lipinski definition) is 3. The average Bonchev–Trinajstić information content (AvgIpc) is 3.08. The van der Waals surface area contributed by atoms with Crippen molar-refractivity contribution in [2.75, 3.05) is 13.1 Å². The van der Waals surface area contributed by atoms with Crippen LogP contribution in [-0.4, -0.2) is 45.4 Å². The fourth-order valence-corrected chi connectivity index (χ4v) is 4.38. The van der Waals surface area contributed by atoms with Gasteiger partial charge in [-0.05, 0) is 44.9 Å². The van der Waals surface area contributed by atoms with Crippen LogP contribution in [0.4, 0.5) is 0 Å². The summed E-state index contributed by atoms with van der Waals surface area (Å²) in [5, 5.41) is 3.18. The van der Waals surface area contributed by atoms with Crippen molar-refractivity contribution >= 4 is 11.8 Å². The third-order valence-electron chi connectivity index (χ3n) is 5.74. The predicted octanol–water partition coefficient (Wildman–Crippen LogP) is 3.54. The third kappa shape index (κ3) is 4.53. The van der Waals surface area contributed by atoms with E-state index in [1.807, 2.05) is 9.47 Å². The van der Waals surface area contributed by atoms with Crippen molar-refractivity contribution in [3.8, 4) is 0 Å². The second-order valence-electron chi connectivity index (χ2n) is 7.94. The molecule has 1 aromatic rings. The van der Waals surface area contributed by atoms with E-state index in [4.69, 9.17) is 0 Å². The lowest BCUT2D eigenvalue weighted by atomic mass is 9.95. The molecule has 3 rings (SSSR count). The van der Waals surface area contributed by atoms with Crippen molar-refractivity contribution in [2.24, 2.45) is 0 Å². The van der Waals surface area contributed by atoms with Crippen molar-refractivity contribution in [3.05, 3.63) is 17.2 Å². The first-order chi connectivity index (χ1) is 13.2. The SMILES string of the molecule is CCCN(CCC)C(=O)c1nc(C(=O)NC2CCCCC2)c2n1CCCC2. The Hall–Kier alpha value is -1.85. The molecule has 6 heteroatoms. The van der Waals surface area contributed by atoms with E-state index < -0.39 is 0 Å². The largest absolute Gasteiger partial charge is 0.348 e. The van der Waals surface area contributed by atoms with Crippen molar-refractivity contribution in [1.82, 2.24) is 19.8 Å². The van der Waals surface area contributed by atoms with Gasteiger partial charge in [0.1, 0.15) is 5.69 Å². The van der Waals surface area contributed by atoms with Crippen molar-refractivity contribution in [2.45, 2.75) is 90.6 Å². The van der Waals surface area contributed by atoms with Gasteiger partial charge in [-0.25, -0.2) is 4.98 Å². The number of hydrogen-bond donors (Lipinski definition) is 1. The first-order valence-electron chi connectivity index (χ1n) is 10.8. The molecular weight excluding hydrogens is 340 g/mol. The molecule has 2 aliphatic rings. The molecule has 1 aliphatic carbocycles. The van der Waals surface area contributed by atoms with Gasteiger partial charge >= 0.3 is 0 Å². The van der Waals surface area contributed by atoms with Gasteiger partial charge < -0.3 is 14.8 Å². The Morgan fingerprint density at radius 3 is 2.44 bits per heavy atom. The van der Waals surface area contributed by atoms with E-state index in [-0.39, 0.29) is 17.9 Å². The Morgan fingerprint density at radius 2 is 1.78 bits per heavy atom. The van der Waals surface area contributed by atoms with Crippen LogP contribution in [0.5, 0.6) is 0 Å². The molecule has 0 spiro atoms. The number of carbonyl (C=O) groups excluding carboxylic acids is 2. The Labute approximate surface area is 162 Å². The molecule has 150 valence electrons. The standard InChI is InChI=1S/C21H34N4O2/c1-3-13-24(14-4-2)21(27)19-23-18(17-12-8-9-15-25(17)19)20(26)22-16-10-6-5-7-11-16/h16H,3-15H2,1-2H3,(H,22,26). The number of fused-ring (bicyclic) bond motifs is 1. The van der Waals surface area contributed by atoms with E-state index in [9.17, 15) is 9.59 Å². The molecular formula is C21H34N4O2. The fourth-order valence-electron chi connectivity index (χ4n) is 4.38. The number of aromatic nitrogens is 2. The molecule has 0 unspecified atom stereocenters. The van der Waals surface area contributed by atoms with Crippen molar-refractivity contribution < 1.29 is 9.59 Å². The van der Waals surface area contributed by atoms with Gasteiger partial charge in [-0.15, -0.1) is 0 Å². The Morgan fingerprint density at radius 1 is 1.07 bits per heavy atom. The Kier molecular flexibility index (Phi) is 6.91. The van der Waals surface area contributed by atoms with Crippen LogP contribution in [0.2, 0.25) is 0 Å². The van der Waals surface area contributed by atoms with E-state index in [2.05, 4.69) is 24.1 Å². The summed E-state index contributed by atoms with van der Waals surface area (Å²) in [5.74, 6) is 0.336. The summed E-state index contributed by atoms with van der Waals surface area (Å²) in [6.07, 6.45) is 10.5. The minimum atomic E-state index is -0.0934. The number of rotatable bonds is 7. The van der Waals surface area contributed by atoms with E-state index in [1.165, 1.54) is 19.3 Å². The van der Waals surface area contributed by atoms with Crippen LogP contribution in [0.25, 0.3) is 0 Å². The molecule has 1 N–H and O–H groups in total. The smallest absolute Gasteiger partial charge is 0.289 e. The highest BCUT2D eigenvalue weighted by Gasteiger charge is 2.30. The minimum Gasteiger partial charge on any atom is -0.348 e. The van der Waals surface area contributed by atoms with Gasteiger partial charge in [0.25, 0.3) is 11.8 Å². The number of amides is 2. The highest BCUT2D eigenvalue weighted by atomic mass is 16.2. The van der Waals surface area contributed by atoms with Gasteiger partial charge in [0.05, 0.1) is 5.69 Å². The summed E-state index contributed by atoms with van der Waals surface area (Å²) < 4.78 is 2.01. The fraction of sp³-hybridized carbons (Fsp3) is 0.762. The normalized spacial score (nSPS) is 17.4. The summed E-state index contributed by atoms with van der Waals surface area (Å²) in [6, 6.07) is 0.253. The molecule has 0 saturated heterocycles. The monoisotopic (exact) mass is 374 g/mol. The zero-order valence-corrected chi connectivity index (χ0v) is 16.9. The molecule has 27 heavy (non-hydrogen) atoms. The summed E-state index contributed by atoms with van der Waals surface area (Å²) in [4.78, 5) is 32.5. The van der Waals surface area contributed by atoms with Crippen LogP contribution in [0, 0.1) is 0 Å². The maximum Gasteiger partial charge on any atom is 0.289 e. The van der Waals surface area contributed by atoms with E-state index >= 15 is 0 Å². The van der Waals surface area contributed by atoms with Crippen LogP contribution < -0.4 is 5.32 Å². The maximum absolute atomic E-state index is 13.1. The molecule has 1 fully saturated rings. The van der Waals surface area contributed by atoms with Crippen molar-refractivity contribution in [3.63, 3.8) is 0 Å². The minimum absolute atomic E-state index is 0.0291. The lowest BCUT2D eigenvalue weighted by Gasteiger charge is -2.23. The van der Waals surface area contributed by atoms with Gasteiger partial charge in [0.15, 0.2) is 5.82 Å². The molecule has 2 heterocycles. The summed E-state index contributed by atoms with van der Waals surface area (Å²) in [5.41, 5.74) is 1.43. The highest BCUT2D eigenvalue weighted by molar-refractivity contribution is 5.97. The highest BCUT2D eigenvalue weighted by Crippen LogP contribution is 2.23. The molecule has 6 nitrogen and oxygen atoms in total. The summed E-state index contributed by atoms with van der Waals surface area (Å²) in [6.45, 7) is 6.42. The van der Waals surface area contributed by atoms with Gasteiger partial charge in [-0.3, -0.25) is 9.59 Å². The third-order valence-corrected chi connectivity index (χ3v) is 5.74. The van der Waals surface area contributed by atoms with E-state index in [0.29, 0.717) is 11.5 Å². The zero-order valence-electron chi connectivity index (χ0n) is 16.9. The van der Waals surface area contributed by atoms with Crippen LogP contribution in [0.3, 0.4) is 0 Å². The Bertz CT molecular complexity index is 655. The first kappa shape index (κ1) is 19.9. The van der Waals surface area contributed by atoms with Crippen molar-refractivity contribution in [1.29, 1.82) is 0 Å². The zero-order chi connectivity index (χ0) is 19.2. The maximum atomic E-state index is 13.1. The molecule has 1 aromatic heterocycles. The predicted molar refractivity (Wildman–Crippen MR) is 106 cm³/mol. The topological polar surface area (TPSA) is 67.2 Å². The van der Waals surface area contributed by atoms with Crippen LogP contribution in [-0.2, 0) is 13.0 Å². The lowest BCUT2D eigenvalue weighted by molar-refractivity contribution is 0.0737. The van der Waals surface area contributed by atoms with Gasteiger partial charge in [0, 0.05) is 25.7 Å². The second kappa shape index (κ2) is 9.38. The Balaban J connectivity index is 1.85. The van der Waals surface area contributed by atoms with Gasteiger partial charge in [0.2, 0.25) is 0 Å². The quantitative estimate of drug-likeness (QED) is 0.794. The number of carbonyl (C=O) groups is 2. The molecule has 2 amide bonds. The first-order valence-corrected chi connectivity index (χ1v) is 10.8. The van der Waals surface area contributed by atoms with Gasteiger partial charge in [-0.1, -0.05) is 33.1 Å². The number of nitrogens with zero attached hydrogens (tertiary/aromatic N) is 3.